The van der Waals surface area contributed by atoms with Gasteiger partial charge in [-0.3, -0.25) is 4.79 Å². The second kappa shape index (κ2) is 4.09. The van der Waals surface area contributed by atoms with Crippen LogP contribution in [0.2, 0.25) is 0 Å². The molecular formula is C12H17NO2. The Balaban J connectivity index is 1.92. The molecule has 3 heteroatoms. The molecule has 1 amide bonds. The number of aryl methyl sites for hydroxylation is 2. The van der Waals surface area contributed by atoms with Crippen LogP contribution in [0, 0.1) is 19.8 Å². The third-order valence-electron chi connectivity index (χ3n) is 3.06. The van der Waals surface area contributed by atoms with Crippen molar-refractivity contribution in [2.24, 2.45) is 5.92 Å². The van der Waals surface area contributed by atoms with E-state index in [4.69, 9.17) is 4.42 Å². The van der Waals surface area contributed by atoms with E-state index in [1.165, 1.54) is 19.3 Å². The van der Waals surface area contributed by atoms with Crippen molar-refractivity contribution in [2.45, 2.75) is 33.1 Å². The molecule has 1 aliphatic rings. The van der Waals surface area contributed by atoms with Gasteiger partial charge in [-0.1, -0.05) is 6.42 Å². The molecular weight excluding hydrogens is 190 g/mol. The minimum atomic E-state index is -0.00347. The van der Waals surface area contributed by atoms with E-state index in [0.717, 1.165) is 12.3 Å². The van der Waals surface area contributed by atoms with Crippen LogP contribution in [0.1, 0.15) is 41.1 Å². The fraction of sp³-hybridized carbons (Fsp3) is 0.583. The Bertz CT molecular complexity index is 364. The molecule has 0 atom stereocenters. The van der Waals surface area contributed by atoms with Gasteiger partial charge in [0, 0.05) is 6.54 Å². The van der Waals surface area contributed by atoms with E-state index < -0.39 is 0 Å². The first kappa shape index (κ1) is 10.3. The first-order valence-electron chi connectivity index (χ1n) is 5.52. The SMILES string of the molecule is Cc1cc(C(=O)NCC2CCC2)c(C)o1. The van der Waals surface area contributed by atoms with Gasteiger partial charge in [-0.15, -0.1) is 0 Å². The third kappa shape index (κ3) is 2.22. The predicted octanol–water partition coefficient (Wildman–Crippen LogP) is 2.43. The Hall–Kier alpha value is -1.25. The normalized spacial score (nSPS) is 16.1. The van der Waals surface area contributed by atoms with Crippen LogP contribution in [0.25, 0.3) is 0 Å². The van der Waals surface area contributed by atoms with Crippen LogP contribution in [0.5, 0.6) is 0 Å². The first-order valence-corrected chi connectivity index (χ1v) is 5.52. The lowest BCUT2D eigenvalue weighted by atomic mass is 9.85. The molecule has 1 aromatic rings. The van der Waals surface area contributed by atoms with Crippen molar-refractivity contribution in [2.75, 3.05) is 6.54 Å². The summed E-state index contributed by atoms with van der Waals surface area (Å²) >= 11 is 0. The zero-order valence-electron chi connectivity index (χ0n) is 9.30. The smallest absolute Gasteiger partial charge is 0.254 e. The summed E-state index contributed by atoms with van der Waals surface area (Å²) < 4.78 is 5.32. The molecule has 1 aliphatic carbocycles. The van der Waals surface area contributed by atoms with Crippen molar-refractivity contribution < 1.29 is 9.21 Å². The molecule has 3 nitrogen and oxygen atoms in total. The Morgan fingerprint density at radius 2 is 2.27 bits per heavy atom. The van der Waals surface area contributed by atoms with E-state index in [-0.39, 0.29) is 5.91 Å². The second-order valence-corrected chi connectivity index (χ2v) is 4.33. The highest BCUT2D eigenvalue weighted by atomic mass is 16.3. The van der Waals surface area contributed by atoms with Gasteiger partial charge in [0.05, 0.1) is 5.56 Å². The number of carbonyl (C=O) groups excluding carboxylic acids is 1. The van der Waals surface area contributed by atoms with E-state index in [0.29, 0.717) is 17.2 Å². The van der Waals surface area contributed by atoms with Crippen LogP contribution in [0.4, 0.5) is 0 Å². The molecule has 82 valence electrons. The number of carbonyl (C=O) groups is 1. The van der Waals surface area contributed by atoms with Crippen molar-refractivity contribution >= 4 is 5.91 Å². The Kier molecular flexibility index (Phi) is 2.80. The van der Waals surface area contributed by atoms with Crippen molar-refractivity contribution in [1.82, 2.24) is 5.32 Å². The topological polar surface area (TPSA) is 42.2 Å². The Morgan fingerprint density at radius 1 is 1.53 bits per heavy atom. The molecule has 1 aromatic heterocycles. The summed E-state index contributed by atoms with van der Waals surface area (Å²) in [4.78, 5) is 11.8. The number of furan rings is 1. The quantitative estimate of drug-likeness (QED) is 0.827. The minimum absolute atomic E-state index is 0.00347. The third-order valence-corrected chi connectivity index (χ3v) is 3.06. The van der Waals surface area contributed by atoms with Crippen LogP contribution in [0.15, 0.2) is 10.5 Å². The molecule has 1 saturated carbocycles. The van der Waals surface area contributed by atoms with E-state index in [2.05, 4.69) is 5.32 Å². The standard InChI is InChI=1S/C12H17NO2/c1-8-6-11(9(2)15-8)12(14)13-7-10-4-3-5-10/h6,10H,3-5,7H2,1-2H3,(H,13,14). The highest BCUT2D eigenvalue weighted by Gasteiger charge is 2.19. The molecule has 0 spiro atoms. The highest BCUT2D eigenvalue weighted by molar-refractivity contribution is 5.95. The minimum Gasteiger partial charge on any atom is -0.466 e. The molecule has 0 aromatic carbocycles. The van der Waals surface area contributed by atoms with Gasteiger partial charge in [-0.25, -0.2) is 0 Å². The molecule has 2 rings (SSSR count). The van der Waals surface area contributed by atoms with Gasteiger partial charge >= 0.3 is 0 Å². The van der Waals surface area contributed by atoms with Crippen LogP contribution in [-0.4, -0.2) is 12.5 Å². The zero-order chi connectivity index (χ0) is 10.8. The van der Waals surface area contributed by atoms with E-state index in [9.17, 15) is 4.79 Å². The molecule has 1 N–H and O–H groups in total. The predicted molar refractivity (Wildman–Crippen MR) is 57.9 cm³/mol. The van der Waals surface area contributed by atoms with Crippen molar-refractivity contribution in [3.8, 4) is 0 Å². The zero-order valence-corrected chi connectivity index (χ0v) is 9.30. The van der Waals surface area contributed by atoms with Gasteiger partial charge < -0.3 is 9.73 Å². The molecule has 0 saturated heterocycles. The molecule has 1 heterocycles. The number of hydrogen-bond acceptors (Lipinski definition) is 2. The Morgan fingerprint density at radius 3 is 2.73 bits per heavy atom. The Labute approximate surface area is 89.9 Å². The average molecular weight is 207 g/mol. The number of nitrogens with one attached hydrogen (secondary N) is 1. The lowest BCUT2D eigenvalue weighted by molar-refractivity contribution is 0.0937. The van der Waals surface area contributed by atoms with E-state index in [1.807, 2.05) is 13.8 Å². The van der Waals surface area contributed by atoms with Gasteiger partial charge in [0.1, 0.15) is 11.5 Å². The van der Waals surface area contributed by atoms with Crippen LogP contribution < -0.4 is 5.32 Å². The van der Waals surface area contributed by atoms with Gasteiger partial charge in [-0.2, -0.15) is 0 Å². The molecule has 0 unspecified atom stereocenters. The average Bonchev–Trinajstić information content (AvgIpc) is 2.42. The summed E-state index contributed by atoms with van der Waals surface area (Å²) in [7, 11) is 0. The van der Waals surface area contributed by atoms with E-state index >= 15 is 0 Å². The van der Waals surface area contributed by atoms with Crippen LogP contribution in [-0.2, 0) is 0 Å². The van der Waals surface area contributed by atoms with Gasteiger partial charge in [0.2, 0.25) is 0 Å². The van der Waals surface area contributed by atoms with Gasteiger partial charge in [0.25, 0.3) is 5.91 Å². The fourth-order valence-electron chi connectivity index (χ4n) is 1.89. The number of rotatable bonds is 3. The lowest BCUT2D eigenvalue weighted by Gasteiger charge is -2.25. The highest BCUT2D eigenvalue weighted by Crippen LogP contribution is 2.25. The molecule has 0 bridgehead atoms. The fourth-order valence-corrected chi connectivity index (χ4v) is 1.89. The summed E-state index contributed by atoms with van der Waals surface area (Å²) in [5, 5.41) is 2.96. The summed E-state index contributed by atoms with van der Waals surface area (Å²) in [6.07, 6.45) is 3.82. The van der Waals surface area contributed by atoms with Crippen LogP contribution >= 0.6 is 0 Å². The van der Waals surface area contributed by atoms with Crippen LogP contribution in [0.3, 0.4) is 0 Å². The summed E-state index contributed by atoms with van der Waals surface area (Å²) in [5.74, 6) is 2.19. The van der Waals surface area contributed by atoms with Gasteiger partial charge in [-0.05, 0) is 38.7 Å². The number of hydrogen-bond donors (Lipinski definition) is 1. The summed E-state index contributed by atoms with van der Waals surface area (Å²) in [6, 6.07) is 1.80. The van der Waals surface area contributed by atoms with Crippen molar-refractivity contribution in [3.05, 3.63) is 23.2 Å². The van der Waals surface area contributed by atoms with E-state index in [1.54, 1.807) is 6.07 Å². The largest absolute Gasteiger partial charge is 0.466 e. The number of amides is 1. The molecule has 15 heavy (non-hydrogen) atoms. The maximum atomic E-state index is 11.8. The first-order chi connectivity index (χ1) is 7.16. The van der Waals surface area contributed by atoms with Gasteiger partial charge in [0.15, 0.2) is 0 Å². The molecule has 1 fully saturated rings. The second-order valence-electron chi connectivity index (χ2n) is 4.33. The van der Waals surface area contributed by atoms with Crippen molar-refractivity contribution in [1.29, 1.82) is 0 Å². The maximum Gasteiger partial charge on any atom is 0.254 e. The summed E-state index contributed by atoms with van der Waals surface area (Å²) in [6.45, 7) is 4.49. The summed E-state index contributed by atoms with van der Waals surface area (Å²) in [5.41, 5.74) is 0.673. The monoisotopic (exact) mass is 207 g/mol. The molecule has 0 aliphatic heterocycles. The molecule has 0 radical (unpaired) electrons. The van der Waals surface area contributed by atoms with Crippen molar-refractivity contribution in [3.63, 3.8) is 0 Å². The lowest BCUT2D eigenvalue weighted by Crippen LogP contribution is -2.32. The maximum absolute atomic E-state index is 11.8.